The van der Waals surface area contributed by atoms with Crippen molar-refractivity contribution >= 4 is 17.7 Å². The first-order valence-electron chi connectivity index (χ1n) is 7.57. The Morgan fingerprint density at radius 3 is 3.14 bits per heavy atom. The van der Waals surface area contributed by atoms with Gasteiger partial charge in [-0.1, -0.05) is 18.7 Å². The van der Waals surface area contributed by atoms with Crippen molar-refractivity contribution in [2.24, 2.45) is 0 Å². The van der Waals surface area contributed by atoms with Crippen molar-refractivity contribution in [1.29, 1.82) is 0 Å². The van der Waals surface area contributed by atoms with Crippen LogP contribution in [0.15, 0.2) is 17.4 Å². The predicted octanol–water partition coefficient (Wildman–Crippen LogP) is 1.59. The molecule has 0 aromatic carbocycles. The molecule has 0 aliphatic carbocycles. The second kappa shape index (κ2) is 6.95. The molecule has 3 heterocycles. The number of aromatic nitrogens is 5. The van der Waals surface area contributed by atoms with Crippen LogP contribution in [0, 0.1) is 0 Å². The average Bonchev–Trinajstić information content (AvgIpc) is 3.24. The standard InChI is InChI=1S/C14H20N6OS/c1-2-12-16-14(19-18-12)22-9-13(21)20-7-3-4-10(8-20)11-5-6-15-17-11/h5-6,10H,2-4,7-9H2,1H3,(H,15,17)(H,16,18,19)/t10-/m1/s1. The van der Waals surface area contributed by atoms with Gasteiger partial charge in [-0.3, -0.25) is 15.0 Å². The minimum absolute atomic E-state index is 0.150. The van der Waals surface area contributed by atoms with Crippen molar-refractivity contribution in [1.82, 2.24) is 30.3 Å². The lowest BCUT2D eigenvalue weighted by atomic mass is 9.95. The molecule has 0 radical (unpaired) electrons. The van der Waals surface area contributed by atoms with Crippen LogP contribution in [-0.2, 0) is 11.2 Å². The minimum atomic E-state index is 0.150. The summed E-state index contributed by atoms with van der Waals surface area (Å²) in [6.07, 6.45) is 4.71. The SMILES string of the molecule is CCc1nc(SCC(=O)N2CCC[C@@H](c3ccn[nH]3)C2)n[nH]1. The Bertz CT molecular complexity index is 611. The summed E-state index contributed by atoms with van der Waals surface area (Å²) in [5.41, 5.74) is 1.12. The van der Waals surface area contributed by atoms with Crippen LogP contribution in [0.2, 0.25) is 0 Å². The zero-order valence-electron chi connectivity index (χ0n) is 12.6. The van der Waals surface area contributed by atoms with Crippen molar-refractivity contribution < 1.29 is 4.79 Å². The van der Waals surface area contributed by atoms with Gasteiger partial charge in [0.25, 0.3) is 0 Å². The number of nitrogens with zero attached hydrogens (tertiary/aromatic N) is 4. The lowest BCUT2D eigenvalue weighted by molar-refractivity contribution is -0.129. The summed E-state index contributed by atoms with van der Waals surface area (Å²) >= 11 is 1.39. The first-order valence-corrected chi connectivity index (χ1v) is 8.56. The molecule has 8 heteroatoms. The van der Waals surface area contributed by atoms with Gasteiger partial charge in [-0.2, -0.15) is 5.10 Å². The molecular formula is C14H20N6OS. The maximum Gasteiger partial charge on any atom is 0.233 e. The Morgan fingerprint density at radius 1 is 1.50 bits per heavy atom. The van der Waals surface area contributed by atoms with E-state index >= 15 is 0 Å². The maximum atomic E-state index is 12.4. The summed E-state index contributed by atoms with van der Waals surface area (Å²) in [7, 11) is 0. The van der Waals surface area contributed by atoms with E-state index in [-0.39, 0.29) is 5.91 Å². The third kappa shape index (κ3) is 3.49. The molecular weight excluding hydrogens is 300 g/mol. The fraction of sp³-hybridized carbons (Fsp3) is 0.571. The molecule has 1 atom stereocenters. The lowest BCUT2D eigenvalue weighted by Crippen LogP contribution is -2.40. The summed E-state index contributed by atoms with van der Waals surface area (Å²) in [6, 6.07) is 1.99. The van der Waals surface area contributed by atoms with Crippen molar-refractivity contribution in [3.05, 3.63) is 23.8 Å². The predicted molar refractivity (Wildman–Crippen MR) is 83.6 cm³/mol. The third-order valence-corrected chi connectivity index (χ3v) is 4.74. The van der Waals surface area contributed by atoms with Gasteiger partial charge < -0.3 is 4.90 Å². The van der Waals surface area contributed by atoms with Gasteiger partial charge in [-0.25, -0.2) is 4.98 Å². The van der Waals surface area contributed by atoms with Gasteiger partial charge in [0.1, 0.15) is 5.82 Å². The van der Waals surface area contributed by atoms with E-state index in [0.29, 0.717) is 16.8 Å². The Labute approximate surface area is 133 Å². The molecule has 3 rings (SSSR count). The largest absolute Gasteiger partial charge is 0.341 e. The molecule has 0 bridgehead atoms. The number of carbonyl (C=O) groups is 1. The van der Waals surface area contributed by atoms with E-state index in [1.54, 1.807) is 6.20 Å². The van der Waals surface area contributed by atoms with Crippen molar-refractivity contribution in [2.45, 2.75) is 37.3 Å². The van der Waals surface area contributed by atoms with Gasteiger partial charge in [-0.05, 0) is 18.9 Å². The number of aromatic amines is 2. The van der Waals surface area contributed by atoms with E-state index in [9.17, 15) is 4.79 Å². The minimum Gasteiger partial charge on any atom is -0.341 e. The summed E-state index contributed by atoms with van der Waals surface area (Å²) < 4.78 is 0. The van der Waals surface area contributed by atoms with Gasteiger partial charge in [0.2, 0.25) is 11.1 Å². The topological polar surface area (TPSA) is 90.6 Å². The molecule has 1 aliphatic heterocycles. The summed E-state index contributed by atoms with van der Waals surface area (Å²) in [6.45, 7) is 3.61. The normalized spacial score (nSPS) is 18.6. The number of H-pyrrole nitrogens is 2. The number of piperidine rings is 1. The summed E-state index contributed by atoms with van der Waals surface area (Å²) in [5.74, 6) is 1.75. The molecule has 2 N–H and O–H groups in total. The van der Waals surface area contributed by atoms with Crippen LogP contribution in [0.5, 0.6) is 0 Å². The quantitative estimate of drug-likeness (QED) is 0.816. The first-order chi connectivity index (χ1) is 10.8. The van der Waals surface area contributed by atoms with E-state index < -0.39 is 0 Å². The molecule has 1 aliphatic rings. The molecule has 22 heavy (non-hydrogen) atoms. The maximum absolute atomic E-state index is 12.4. The first kappa shape index (κ1) is 15.1. The monoisotopic (exact) mass is 320 g/mol. The summed E-state index contributed by atoms with van der Waals surface area (Å²) in [5, 5.41) is 14.6. The molecule has 2 aromatic heterocycles. The number of hydrogen-bond acceptors (Lipinski definition) is 5. The van der Waals surface area contributed by atoms with Gasteiger partial charge in [-0.15, -0.1) is 5.10 Å². The zero-order valence-corrected chi connectivity index (χ0v) is 13.4. The van der Waals surface area contributed by atoms with Gasteiger partial charge >= 0.3 is 0 Å². The second-order valence-electron chi connectivity index (χ2n) is 5.40. The number of hydrogen-bond donors (Lipinski definition) is 2. The highest BCUT2D eigenvalue weighted by Gasteiger charge is 2.25. The Morgan fingerprint density at radius 2 is 2.41 bits per heavy atom. The molecule has 7 nitrogen and oxygen atoms in total. The zero-order chi connectivity index (χ0) is 15.4. The fourth-order valence-electron chi connectivity index (χ4n) is 2.67. The van der Waals surface area contributed by atoms with Crippen LogP contribution in [-0.4, -0.2) is 55.0 Å². The highest BCUT2D eigenvalue weighted by Crippen LogP contribution is 2.26. The van der Waals surface area contributed by atoms with Crippen molar-refractivity contribution in [3.8, 4) is 0 Å². The van der Waals surface area contributed by atoms with Gasteiger partial charge in [0.15, 0.2) is 0 Å². The highest BCUT2D eigenvalue weighted by atomic mass is 32.2. The number of nitrogens with one attached hydrogen (secondary N) is 2. The van der Waals surface area contributed by atoms with Gasteiger partial charge in [0.05, 0.1) is 5.75 Å². The molecule has 0 unspecified atom stereocenters. The average molecular weight is 320 g/mol. The highest BCUT2D eigenvalue weighted by molar-refractivity contribution is 7.99. The van der Waals surface area contributed by atoms with Crippen LogP contribution in [0.25, 0.3) is 0 Å². The summed E-state index contributed by atoms with van der Waals surface area (Å²) in [4.78, 5) is 18.6. The van der Waals surface area contributed by atoms with Crippen LogP contribution in [0.1, 0.15) is 37.2 Å². The Hall–Kier alpha value is -1.83. The van der Waals surface area contributed by atoms with E-state index in [4.69, 9.17) is 0 Å². The molecule has 2 aromatic rings. The van der Waals surface area contributed by atoms with E-state index in [0.717, 1.165) is 43.9 Å². The smallest absolute Gasteiger partial charge is 0.233 e. The van der Waals surface area contributed by atoms with Crippen LogP contribution < -0.4 is 0 Å². The third-order valence-electron chi connectivity index (χ3n) is 3.91. The number of carbonyl (C=O) groups excluding carboxylic acids is 1. The molecule has 1 saturated heterocycles. The van der Waals surface area contributed by atoms with Crippen LogP contribution in [0.3, 0.4) is 0 Å². The number of thioether (sulfide) groups is 1. The molecule has 1 amide bonds. The number of likely N-dealkylation sites (tertiary alicyclic amines) is 1. The second-order valence-corrected chi connectivity index (χ2v) is 6.34. The van der Waals surface area contributed by atoms with E-state index in [1.807, 2.05) is 17.9 Å². The van der Waals surface area contributed by atoms with Crippen LogP contribution >= 0.6 is 11.8 Å². The fourth-order valence-corrected chi connectivity index (χ4v) is 3.39. The van der Waals surface area contributed by atoms with E-state index in [1.165, 1.54) is 11.8 Å². The molecule has 118 valence electrons. The van der Waals surface area contributed by atoms with Crippen molar-refractivity contribution in [3.63, 3.8) is 0 Å². The number of aryl methyl sites for hydroxylation is 1. The molecule has 1 fully saturated rings. The van der Waals surface area contributed by atoms with Gasteiger partial charge in [0, 0.05) is 37.3 Å². The van der Waals surface area contributed by atoms with Crippen LogP contribution in [0.4, 0.5) is 0 Å². The van der Waals surface area contributed by atoms with Crippen molar-refractivity contribution in [2.75, 3.05) is 18.8 Å². The number of amides is 1. The Balaban J connectivity index is 1.53. The Kier molecular flexibility index (Phi) is 4.77. The molecule has 0 spiro atoms. The van der Waals surface area contributed by atoms with E-state index in [2.05, 4.69) is 25.4 Å². The lowest BCUT2D eigenvalue weighted by Gasteiger charge is -2.32. The number of rotatable bonds is 5. The molecule has 0 saturated carbocycles.